The third-order valence-corrected chi connectivity index (χ3v) is 3.48. The molecule has 2 N–H and O–H groups in total. The smallest absolute Gasteiger partial charge is 0.274 e. The fourth-order valence-electron chi connectivity index (χ4n) is 1.59. The molecule has 0 unspecified atom stereocenters. The molecule has 0 bridgehead atoms. The number of halogens is 2. The fraction of sp³-hybridized carbons (Fsp3) is 0.231. The van der Waals surface area contributed by atoms with Crippen LogP contribution in [0.1, 0.15) is 24.6 Å². The van der Waals surface area contributed by atoms with E-state index in [4.69, 9.17) is 23.2 Å². The number of nitrogens with one attached hydrogen (secondary N) is 2. The lowest BCUT2D eigenvalue weighted by molar-refractivity contribution is 0.896. The molecule has 0 saturated carbocycles. The topological polar surface area (TPSA) is 83.0 Å². The van der Waals surface area contributed by atoms with Crippen molar-refractivity contribution < 1.29 is 0 Å². The van der Waals surface area contributed by atoms with Gasteiger partial charge in [0.25, 0.3) is 5.56 Å². The maximum absolute atomic E-state index is 11.4. The normalized spacial score (nSPS) is 11.5. The number of aryl methyl sites for hydroxylation is 1. The van der Waals surface area contributed by atoms with Crippen LogP contribution in [0.4, 0.5) is 5.95 Å². The number of hydrogen-bond acceptors (Lipinski definition) is 5. The summed E-state index contributed by atoms with van der Waals surface area (Å²) in [6.45, 7) is 3.53. The lowest BCUT2D eigenvalue weighted by Gasteiger charge is -2.06. The molecule has 2 rings (SSSR count). The minimum Gasteiger partial charge on any atom is -0.288 e. The highest BCUT2D eigenvalue weighted by Gasteiger charge is 2.06. The van der Waals surface area contributed by atoms with E-state index in [-0.39, 0.29) is 11.5 Å². The van der Waals surface area contributed by atoms with E-state index in [9.17, 15) is 4.79 Å². The van der Waals surface area contributed by atoms with E-state index in [0.29, 0.717) is 22.2 Å². The lowest BCUT2D eigenvalue weighted by Crippen LogP contribution is -2.16. The number of aromatic nitrogens is 3. The van der Waals surface area contributed by atoms with Gasteiger partial charge < -0.3 is 0 Å². The Hall–Kier alpha value is -1.92. The van der Waals surface area contributed by atoms with Gasteiger partial charge in [-0.15, -0.1) is 10.2 Å². The number of anilines is 1. The second kappa shape index (κ2) is 6.69. The zero-order valence-corrected chi connectivity index (χ0v) is 13.0. The summed E-state index contributed by atoms with van der Waals surface area (Å²) in [6.07, 6.45) is 0.661. The fourth-order valence-corrected chi connectivity index (χ4v) is 1.89. The molecule has 6 nitrogen and oxygen atoms in total. The standard InChI is InChI=1S/C13H13Cl2N5O/c1-3-11(8-4-5-9(14)10(15)6-8)18-20-13-16-12(21)7(2)17-19-13/h4-6H,3H2,1-2H3,(H2,16,19,20,21)/b18-11-. The van der Waals surface area contributed by atoms with Gasteiger partial charge in [0.1, 0.15) is 5.69 Å². The SMILES string of the molecule is CC/C(=N/Nc1nnc(C)c(=O)[nH]1)c1ccc(Cl)c(Cl)c1. The predicted molar refractivity (Wildman–Crippen MR) is 84.3 cm³/mol. The molecule has 0 fully saturated rings. The summed E-state index contributed by atoms with van der Waals surface area (Å²) in [6, 6.07) is 5.26. The molecule has 0 saturated heterocycles. The highest BCUT2D eigenvalue weighted by Crippen LogP contribution is 2.23. The second-order valence-electron chi connectivity index (χ2n) is 4.24. The van der Waals surface area contributed by atoms with Crippen LogP contribution in [0.3, 0.4) is 0 Å². The van der Waals surface area contributed by atoms with Gasteiger partial charge in [0.15, 0.2) is 0 Å². The van der Waals surface area contributed by atoms with Gasteiger partial charge in [-0.2, -0.15) is 5.10 Å². The third kappa shape index (κ3) is 3.80. The third-order valence-electron chi connectivity index (χ3n) is 2.75. The first kappa shape index (κ1) is 15.5. The van der Waals surface area contributed by atoms with Gasteiger partial charge in [-0.1, -0.05) is 36.2 Å². The molecule has 1 aromatic carbocycles. The van der Waals surface area contributed by atoms with Crippen LogP contribution in [0.15, 0.2) is 28.1 Å². The number of rotatable bonds is 4. The van der Waals surface area contributed by atoms with E-state index in [1.165, 1.54) is 0 Å². The van der Waals surface area contributed by atoms with Gasteiger partial charge >= 0.3 is 0 Å². The summed E-state index contributed by atoms with van der Waals surface area (Å²) in [5.41, 5.74) is 4.25. The summed E-state index contributed by atoms with van der Waals surface area (Å²) in [5, 5.41) is 12.7. The average Bonchev–Trinajstić information content (AvgIpc) is 2.47. The summed E-state index contributed by atoms with van der Waals surface area (Å²) in [4.78, 5) is 14.0. The van der Waals surface area contributed by atoms with Crippen molar-refractivity contribution in [2.24, 2.45) is 5.10 Å². The Morgan fingerprint density at radius 2 is 2.10 bits per heavy atom. The molecule has 21 heavy (non-hydrogen) atoms. The van der Waals surface area contributed by atoms with Crippen molar-refractivity contribution in [2.75, 3.05) is 5.43 Å². The Balaban J connectivity index is 2.25. The van der Waals surface area contributed by atoms with Crippen molar-refractivity contribution >= 4 is 34.9 Å². The molecule has 0 radical (unpaired) electrons. The van der Waals surface area contributed by atoms with E-state index in [1.807, 2.05) is 13.0 Å². The van der Waals surface area contributed by atoms with Crippen molar-refractivity contribution in [3.63, 3.8) is 0 Å². The first-order valence-electron chi connectivity index (χ1n) is 6.23. The quantitative estimate of drug-likeness (QED) is 0.668. The summed E-state index contributed by atoms with van der Waals surface area (Å²) < 4.78 is 0. The first-order chi connectivity index (χ1) is 10.0. The summed E-state index contributed by atoms with van der Waals surface area (Å²) in [7, 11) is 0. The Labute approximate surface area is 131 Å². The van der Waals surface area contributed by atoms with Crippen molar-refractivity contribution in [1.29, 1.82) is 0 Å². The predicted octanol–water partition coefficient (Wildman–Crippen LogP) is 3.01. The number of aromatic amines is 1. The lowest BCUT2D eigenvalue weighted by atomic mass is 10.1. The summed E-state index contributed by atoms with van der Waals surface area (Å²) >= 11 is 11.9. The molecule has 0 atom stereocenters. The molecule has 0 aliphatic heterocycles. The first-order valence-corrected chi connectivity index (χ1v) is 6.98. The maximum atomic E-state index is 11.4. The molecule has 0 amide bonds. The largest absolute Gasteiger partial charge is 0.288 e. The van der Waals surface area contributed by atoms with Gasteiger partial charge in [-0.25, -0.2) is 5.43 Å². The minimum atomic E-state index is -0.310. The van der Waals surface area contributed by atoms with Crippen LogP contribution in [0, 0.1) is 6.92 Å². The number of nitrogens with zero attached hydrogens (tertiary/aromatic N) is 3. The molecule has 1 heterocycles. The Bertz CT molecular complexity index is 742. The molecular formula is C13H13Cl2N5O. The summed E-state index contributed by atoms with van der Waals surface area (Å²) in [5.74, 6) is 0.177. The van der Waals surface area contributed by atoms with E-state index in [1.54, 1.807) is 19.1 Å². The Kier molecular flexibility index (Phi) is 4.93. The van der Waals surface area contributed by atoms with E-state index in [2.05, 4.69) is 25.7 Å². The van der Waals surface area contributed by atoms with E-state index in [0.717, 1.165) is 11.3 Å². The van der Waals surface area contributed by atoms with Gasteiger partial charge in [-0.3, -0.25) is 9.78 Å². The van der Waals surface area contributed by atoms with Crippen molar-refractivity contribution in [1.82, 2.24) is 15.2 Å². The monoisotopic (exact) mass is 325 g/mol. The van der Waals surface area contributed by atoms with Gasteiger partial charge in [0.05, 0.1) is 15.8 Å². The second-order valence-corrected chi connectivity index (χ2v) is 5.06. The minimum absolute atomic E-state index is 0.177. The molecule has 1 aromatic heterocycles. The highest BCUT2D eigenvalue weighted by molar-refractivity contribution is 6.42. The Morgan fingerprint density at radius 1 is 1.33 bits per heavy atom. The van der Waals surface area contributed by atoms with Crippen LogP contribution in [-0.2, 0) is 0 Å². The van der Waals surface area contributed by atoms with Gasteiger partial charge in [0.2, 0.25) is 5.95 Å². The van der Waals surface area contributed by atoms with Gasteiger partial charge in [0, 0.05) is 0 Å². The highest BCUT2D eigenvalue weighted by atomic mass is 35.5. The molecule has 0 aliphatic carbocycles. The Morgan fingerprint density at radius 3 is 2.71 bits per heavy atom. The number of benzene rings is 1. The number of hydrazone groups is 1. The van der Waals surface area contributed by atoms with E-state index >= 15 is 0 Å². The molecule has 0 spiro atoms. The van der Waals surface area contributed by atoms with Crippen molar-refractivity contribution in [2.45, 2.75) is 20.3 Å². The zero-order chi connectivity index (χ0) is 15.4. The van der Waals surface area contributed by atoms with Crippen LogP contribution in [-0.4, -0.2) is 20.9 Å². The molecule has 8 heteroatoms. The van der Waals surface area contributed by atoms with Crippen LogP contribution in [0.5, 0.6) is 0 Å². The maximum Gasteiger partial charge on any atom is 0.274 e. The number of H-pyrrole nitrogens is 1. The number of hydrogen-bond donors (Lipinski definition) is 2. The zero-order valence-electron chi connectivity index (χ0n) is 11.4. The van der Waals surface area contributed by atoms with Crippen molar-refractivity contribution in [3.8, 4) is 0 Å². The van der Waals surface area contributed by atoms with Crippen LogP contribution >= 0.6 is 23.2 Å². The van der Waals surface area contributed by atoms with Gasteiger partial charge in [-0.05, 0) is 31.0 Å². The van der Waals surface area contributed by atoms with E-state index < -0.39 is 0 Å². The molecule has 0 aliphatic rings. The molecular weight excluding hydrogens is 313 g/mol. The molecule has 2 aromatic rings. The van der Waals surface area contributed by atoms with Crippen molar-refractivity contribution in [3.05, 3.63) is 49.9 Å². The van der Waals surface area contributed by atoms with Crippen LogP contribution < -0.4 is 11.0 Å². The van der Waals surface area contributed by atoms with Crippen LogP contribution in [0.25, 0.3) is 0 Å². The van der Waals surface area contributed by atoms with Crippen LogP contribution in [0.2, 0.25) is 10.0 Å². The average molecular weight is 326 g/mol. The molecule has 110 valence electrons.